The zero-order valence-electron chi connectivity index (χ0n) is 7.49. The van der Waals surface area contributed by atoms with Crippen molar-refractivity contribution in [2.45, 2.75) is 6.92 Å². The van der Waals surface area contributed by atoms with Crippen molar-refractivity contribution in [1.29, 1.82) is 5.26 Å². The molecule has 4 nitrogen and oxygen atoms in total. The molecule has 5 heteroatoms. The number of carbonyl (C=O) groups is 1. The Morgan fingerprint density at radius 3 is 2.71 bits per heavy atom. The Kier molecular flexibility index (Phi) is 3.48. The Labute approximate surface area is 90.2 Å². The maximum absolute atomic E-state index is 10.9. The molecule has 0 saturated heterocycles. The third kappa shape index (κ3) is 2.47. The van der Waals surface area contributed by atoms with Gasteiger partial charge < -0.3 is 0 Å². The molecule has 1 aromatic rings. The van der Waals surface area contributed by atoms with Crippen molar-refractivity contribution < 1.29 is 4.79 Å². The van der Waals surface area contributed by atoms with E-state index < -0.39 is 0 Å². The minimum Gasteiger partial charge on any atom is -0.281 e. The first-order chi connectivity index (χ1) is 6.65. The van der Waals surface area contributed by atoms with E-state index in [2.05, 4.69) is 21.4 Å². The van der Waals surface area contributed by atoms with Gasteiger partial charge in [0.05, 0.1) is 5.69 Å². The second kappa shape index (κ2) is 4.63. The summed E-state index contributed by atoms with van der Waals surface area (Å²) in [5.74, 6) is -0.358. The Balaban J connectivity index is 2.84. The lowest BCUT2D eigenvalue weighted by Crippen LogP contribution is -2.29. The first-order valence-corrected chi connectivity index (χ1v) is 4.66. The Morgan fingerprint density at radius 2 is 2.21 bits per heavy atom. The van der Waals surface area contributed by atoms with E-state index in [9.17, 15) is 4.79 Å². The van der Waals surface area contributed by atoms with Gasteiger partial charge in [-0.15, -0.1) is 0 Å². The van der Waals surface area contributed by atoms with Crippen LogP contribution in [0, 0.1) is 11.5 Å². The molecule has 0 saturated carbocycles. The van der Waals surface area contributed by atoms with Crippen LogP contribution in [-0.2, 0) is 4.79 Å². The van der Waals surface area contributed by atoms with Crippen LogP contribution in [-0.4, -0.2) is 10.9 Å². The quantitative estimate of drug-likeness (QED) is 0.499. The zero-order valence-corrected chi connectivity index (χ0v) is 9.08. The van der Waals surface area contributed by atoms with E-state index in [4.69, 9.17) is 5.26 Å². The van der Waals surface area contributed by atoms with Crippen molar-refractivity contribution >= 4 is 27.5 Å². The Bertz CT molecular complexity index is 386. The summed E-state index contributed by atoms with van der Waals surface area (Å²) in [5.41, 5.74) is 3.34. The van der Waals surface area contributed by atoms with Gasteiger partial charge in [-0.1, -0.05) is 12.1 Å². The number of hydrazine groups is 1. The lowest BCUT2D eigenvalue weighted by Gasteiger charge is -2.14. The molecule has 1 N–H and O–H groups in total. The highest BCUT2D eigenvalue weighted by Gasteiger charge is 2.08. The van der Waals surface area contributed by atoms with E-state index in [1.807, 2.05) is 18.2 Å². The topological polar surface area (TPSA) is 56.1 Å². The van der Waals surface area contributed by atoms with E-state index in [1.54, 1.807) is 12.3 Å². The van der Waals surface area contributed by atoms with E-state index in [0.29, 0.717) is 5.69 Å². The molecule has 0 aliphatic carbocycles. The Morgan fingerprint density at radius 1 is 1.57 bits per heavy atom. The van der Waals surface area contributed by atoms with Crippen LogP contribution in [0.3, 0.4) is 0 Å². The molecule has 72 valence electrons. The predicted octanol–water partition coefficient (Wildman–Crippen LogP) is 2.11. The lowest BCUT2D eigenvalue weighted by atomic mass is 10.3. The largest absolute Gasteiger partial charge is 0.281 e. The average molecular weight is 254 g/mol. The van der Waals surface area contributed by atoms with Gasteiger partial charge >= 0.3 is 0 Å². The zero-order chi connectivity index (χ0) is 10.6. The molecule has 0 aromatic heterocycles. The number of amides is 1. The fourth-order valence-electron chi connectivity index (χ4n) is 0.846. The number of benzene rings is 1. The Hall–Kier alpha value is -1.54. The summed E-state index contributed by atoms with van der Waals surface area (Å²) in [6.07, 6.45) is 1.73. The highest BCUT2D eigenvalue weighted by molar-refractivity contribution is 9.10. The minimum absolute atomic E-state index is 0.358. The maximum atomic E-state index is 10.9. The van der Waals surface area contributed by atoms with E-state index >= 15 is 0 Å². The number of hydrogen-bond donors (Lipinski definition) is 1. The molecular weight excluding hydrogens is 246 g/mol. The van der Waals surface area contributed by atoms with Gasteiger partial charge in [-0.25, -0.2) is 0 Å². The molecule has 14 heavy (non-hydrogen) atoms. The number of para-hydroxylation sites is 1. The van der Waals surface area contributed by atoms with Crippen LogP contribution in [0.4, 0.5) is 5.69 Å². The summed E-state index contributed by atoms with van der Waals surface area (Å²) in [6, 6.07) is 7.23. The third-order valence-electron chi connectivity index (χ3n) is 1.52. The van der Waals surface area contributed by atoms with Gasteiger partial charge in [0.1, 0.15) is 0 Å². The molecule has 1 rings (SSSR count). The number of nitrogens with zero attached hydrogens (tertiary/aromatic N) is 2. The second-order valence-corrected chi connectivity index (χ2v) is 3.40. The predicted molar refractivity (Wildman–Crippen MR) is 55.9 cm³/mol. The van der Waals surface area contributed by atoms with Crippen LogP contribution in [0.1, 0.15) is 6.92 Å². The smallest absolute Gasteiger partial charge is 0.251 e. The number of halogens is 1. The van der Waals surface area contributed by atoms with Crippen LogP contribution < -0.4 is 5.43 Å². The monoisotopic (exact) mass is 253 g/mol. The number of hydrogen-bond acceptors (Lipinski definition) is 3. The van der Waals surface area contributed by atoms with Crippen LogP contribution in [0.5, 0.6) is 0 Å². The maximum Gasteiger partial charge on any atom is 0.251 e. The minimum atomic E-state index is -0.358. The summed E-state index contributed by atoms with van der Waals surface area (Å²) < 4.78 is 0.793. The van der Waals surface area contributed by atoms with Gasteiger partial charge in [0.15, 0.2) is 0 Å². The standard InChI is InChI=1S/C9H8BrN3O/c1-7(14)13(6-11)12-9-5-3-2-4-8(9)10/h2-5,12H,1H3. The number of nitriles is 1. The molecule has 0 aliphatic heterocycles. The molecule has 0 spiro atoms. The van der Waals surface area contributed by atoms with Gasteiger partial charge in [-0.3, -0.25) is 10.2 Å². The number of anilines is 1. The van der Waals surface area contributed by atoms with E-state index in [1.165, 1.54) is 6.92 Å². The molecule has 0 aliphatic rings. The van der Waals surface area contributed by atoms with Gasteiger partial charge in [-0.05, 0) is 28.1 Å². The van der Waals surface area contributed by atoms with Crippen LogP contribution in [0.2, 0.25) is 0 Å². The van der Waals surface area contributed by atoms with Crippen molar-refractivity contribution in [3.05, 3.63) is 28.7 Å². The molecule has 1 amide bonds. The number of carbonyl (C=O) groups excluding carboxylic acids is 1. The van der Waals surface area contributed by atoms with Gasteiger partial charge in [0, 0.05) is 11.4 Å². The summed E-state index contributed by atoms with van der Waals surface area (Å²) in [4.78, 5) is 10.9. The molecule has 0 radical (unpaired) electrons. The molecule has 0 fully saturated rings. The van der Waals surface area contributed by atoms with E-state index in [-0.39, 0.29) is 5.91 Å². The lowest BCUT2D eigenvalue weighted by molar-refractivity contribution is -0.124. The van der Waals surface area contributed by atoms with Crippen LogP contribution >= 0.6 is 15.9 Å². The molecule has 0 atom stereocenters. The highest BCUT2D eigenvalue weighted by atomic mass is 79.9. The normalized spacial score (nSPS) is 8.93. The highest BCUT2D eigenvalue weighted by Crippen LogP contribution is 2.21. The van der Waals surface area contributed by atoms with Crippen molar-refractivity contribution in [2.24, 2.45) is 0 Å². The summed E-state index contributed by atoms with van der Waals surface area (Å²) >= 11 is 3.29. The second-order valence-electron chi connectivity index (χ2n) is 2.55. The van der Waals surface area contributed by atoms with Crippen molar-refractivity contribution in [3.63, 3.8) is 0 Å². The molecule has 0 heterocycles. The first-order valence-electron chi connectivity index (χ1n) is 3.86. The van der Waals surface area contributed by atoms with E-state index in [0.717, 1.165) is 9.48 Å². The van der Waals surface area contributed by atoms with Crippen LogP contribution in [0.15, 0.2) is 28.7 Å². The fourth-order valence-corrected chi connectivity index (χ4v) is 1.22. The summed E-state index contributed by atoms with van der Waals surface area (Å²) in [6.45, 7) is 1.31. The van der Waals surface area contributed by atoms with Gasteiger partial charge in [0.25, 0.3) is 5.91 Å². The summed E-state index contributed by atoms with van der Waals surface area (Å²) in [7, 11) is 0. The first kappa shape index (κ1) is 10.5. The molecule has 0 bridgehead atoms. The molecule has 0 unspecified atom stereocenters. The fraction of sp³-hybridized carbons (Fsp3) is 0.111. The van der Waals surface area contributed by atoms with Crippen molar-refractivity contribution in [1.82, 2.24) is 5.01 Å². The molecular formula is C9H8BrN3O. The van der Waals surface area contributed by atoms with Gasteiger partial charge in [0.2, 0.25) is 6.19 Å². The number of rotatable bonds is 2. The third-order valence-corrected chi connectivity index (χ3v) is 2.21. The summed E-state index contributed by atoms with van der Waals surface area (Å²) in [5, 5.41) is 9.49. The SMILES string of the molecule is CC(=O)N(C#N)Nc1ccccc1Br. The van der Waals surface area contributed by atoms with Crippen LogP contribution in [0.25, 0.3) is 0 Å². The number of nitrogens with one attached hydrogen (secondary N) is 1. The van der Waals surface area contributed by atoms with Crippen molar-refractivity contribution in [2.75, 3.05) is 5.43 Å². The van der Waals surface area contributed by atoms with Crippen molar-refractivity contribution in [3.8, 4) is 6.19 Å². The molecule has 1 aromatic carbocycles. The average Bonchev–Trinajstić information content (AvgIpc) is 2.16. The van der Waals surface area contributed by atoms with Gasteiger partial charge in [-0.2, -0.15) is 10.3 Å².